The van der Waals surface area contributed by atoms with Crippen LogP contribution in [-0.2, 0) is 14.4 Å². The lowest BCUT2D eigenvalue weighted by Gasteiger charge is -2.17. The molecule has 0 aromatic carbocycles. The number of hydrogen-bond donors (Lipinski definition) is 4. The first-order valence-electron chi connectivity index (χ1n) is 10.1. The van der Waals surface area contributed by atoms with E-state index in [1.54, 1.807) is 65.8 Å². The molecule has 0 aliphatic carbocycles. The molecule has 0 spiro atoms. The lowest BCUT2D eigenvalue weighted by Crippen LogP contribution is -2.37. The minimum Gasteiger partial charge on any atom is -0.389 e. The van der Waals surface area contributed by atoms with Gasteiger partial charge in [0.05, 0.1) is 12.2 Å². The van der Waals surface area contributed by atoms with Crippen LogP contribution in [0.3, 0.4) is 0 Å². The summed E-state index contributed by atoms with van der Waals surface area (Å²) >= 11 is 0. The first kappa shape index (κ1) is 27.5. The van der Waals surface area contributed by atoms with Gasteiger partial charge in [0, 0.05) is 37.1 Å². The van der Waals surface area contributed by atoms with Gasteiger partial charge in [-0.25, -0.2) is 0 Å². The Labute approximate surface area is 179 Å². The third kappa shape index (κ3) is 13.6. The normalized spacial score (nSPS) is 16.9. The number of nitrogens with one attached hydrogen (secondary N) is 2. The third-order valence-electron chi connectivity index (χ3n) is 4.13. The molecular weight excluding hydrogens is 384 g/mol. The Morgan fingerprint density at radius 1 is 0.733 bits per heavy atom. The van der Waals surface area contributed by atoms with Gasteiger partial charge in [0.25, 0.3) is 0 Å². The number of allylic oxidation sites excluding steroid dienone is 4. The summed E-state index contributed by atoms with van der Waals surface area (Å²) in [4.78, 5) is 36.3. The highest BCUT2D eigenvalue weighted by molar-refractivity contribution is 5.90. The van der Waals surface area contributed by atoms with Crippen LogP contribution in [0, 0.1) is 11.8 Å². The maximum absolute atomic E-state index is 12.5. The van der Waals surface area contributed by atoms with Crippen LogP contribution in [0.1, 0.15) is 41.5 Å². The molecule has 0 aliphatic rings. The Balaban J connectivity index is 4.50. The monoisotopic (exact) mass is 420 g/mol. The SMILES string of the molecule is CC(/C=C/C(C)O)=C\C(=O)NCC(C)C(=O)C(C)CNC(=O)/C=C(C)/C=C/C(C)O. The van der Waals surface area contributed by atoms with E-state index in [1.807, 2.05) is 0 Å². The molecule has 7 nitrogen and oxygen atoms in total. The van der Waals surface area contributed by atoms with Crippen LogP contribution in [0.2, 0.25) is 0 Å². The first-order valence-corrected chi connectivity index (χ1v) is 10.1. The van der Waals surface area contributed by atoms with Crippen LogP contribution >= 0.6 is 0 Å². The predicted molar refractivity (Wildman–Crippen MR) is 119 cm³/mol. The maximum atomic E-state index is 12.5. The number of carbonyl (C=O) groups is 3. The number of hydrogen-bond acceptors (Lipinski definition) is 5. The van der Waals surface area contributed by atoms with Crippen molar-refractivity contribution in [3.63, 3.8) is 0 Å². The molecule has 30 heavy (non-hydrogen) atoms. The minimum absolute atomic E-state index is 0.0556. The summed E-state index contributed by atoms with van der Waals surface area (Å²) < 4.78 is 0. The highest BCUT2D eigenvalue weighted by Crippen LogP contribution is 2.06. The minimum atomic E-state index is -0.587. The number of aliphatic hydroxyl groups is 2. The number of Topliss-reactive ketones (excluding diaryl/α,β-unsaturated/α-hetero) is 1. The molecule has 7 heteroatoms. The average molecular weight is 421 g/mol. The van der Waals surface area contributed by atoms with Gasteiger partial charge in [0.15, 0.2) is 0 Å². The van der Waals surface area contributed by atoms with Gasteiger partial charge in [-0.3, -0.25) is 14.4 Å². The number of aliphatic hydroxyl groups excluding tert-OH is 2. The predicted octanol–water partition coefficient (Wildman–Crippen LogP) is 1.83. The summed E-state index contributed by atoms with van der Waals surface area (Å²) in [6.07, 6.45) is 8.08. The van der Waals surface area contributed by atoms with Crippen molar-refractivity contribution in [2.24, 2.45) is 11.8 Å². The van der Waals surface area contributed by atoms with Crippen molar-refractivity contribution in [2.75, 3.05) is 13.1 Å². The van der Waals surface area contributed by atoms with E-state index in [1.165, 1.54) is 12.2 Å². The van der Waals surface area contributed by atoms with E-state index in [2.05, 4.69) is 10.6 Å². The van der Waals surface area contributed by atoms with Crippen molar-refractivity contribution in [3.8, 4) is 0 Å². The molecule has 0 saturated carbocycles. The van der Waals surface area contributed by atoms with Gasteiger partial charge in [0.2, 0.25) is 11.8 Å². The summed E-state index contributed by atoms with van der Waals surface area (Å²) in [5.41, 5.74) is 1.38. The van der Waals surface area contributed by atoms with Gasteiger partial charge in [-0.15, -0.1) is 0 Å². The molecule has 0 radical (unpaired) electrons. The molecule has 4 atom stereocenters. The zero-order valence-corrected chi connectivity index (χ0v) is 18.8. The summed E-state index contributed by atoms with van der Waals surface area (Å²) in [7, 11) is 0. The lowest BCUT2D eigenvalue weighted by atomic mass is 9.95. The van der Waals surface area contributed by atoms with E-state index in [0.29, 0.717) is 11.1 Å². The Bertz CT molecular complexity index is 644. The Morgan fingerprint density at radius 3 is 1.37 bits per heavy atom. The number of ketones is 1. The molecule has 0 heterocycles. The summed E-state index contributed by atoms with van der Waals surface area (Å²) in [5.74, 6) is -1.47. The molecule has 0 rings (SSSR count). The van der Waals surface area contributed by atoms with Crippen molar-refractivity contribution >= 4 is 17.6 Å². The molecule has 0 aromatic heterocycles. The quantitative estimate of drug-likeness (QED) is 0.284. The molecule has 2 amide bonds. The highest BCUT2D eigenvalue weighted by atomic mass is 16.3. The first-order chi connectivity index (χ1) is 13.9. The fourth-order valence-corrected chi connectivity index (χ4v) is 2.39. The molecule has 0 saturated heterocycles. The molecule has 168 valence electrons. The number of rotatable bonds is 12. The van der Waals surface area contributed by atoms with E-state index in [0.717, 1.165) is 0 Å². The summed E-state index contributed by atoms with van der Waals surface area (Å²) in [6.45, 7) is 10.6. The second-order valence-electron chi connectivity index (χ2n) is 7.67. The van der Waals surface area contributed by atoms with Crippen LogP contribution < -0.4 is 10.6 Å². The van der Waals surface area contributed by atoms with Crippen molar-refractivity contribution < 1.29 is 24.6 Å². The van der Waals surface area contributed by atoms with E-state index >= 15 is 0 Å². The molecule has 0 bridgehead atoms. The Morgan fingerprint density at radius 2 is 1.07 bits per heavy atom. The second kappa shape index (κ2) is 14.5. The molecule has 4 N–H and O–H groups in total. The summed E-state index contributed by atoms with van der Waals surface area (Å²) in [5, 5.41) is 23.8. The van der Waals surface area contributed by atoms with E-state index < -0.39 is 24.0 Å². The van der Waals surface area contributed by atoms with Crippen molar-refractivity contribution in [3.05, 3.63) is 47.6 Å². The van der Waals surface area contributed by atoms with E-state index in [4.69, 9.17) is 0 Å². The molecule has 0 aromatic rings. The summed E-state index contributed by atoms with van der Waals surface area (Å²) in [6, 6.07) is 0. The van der Waals surface area contributed by atoms with Gasteiger partial charge in [-0.05, 0) is 38.8 Å². The Kier molecular flexibility index (Phi) is 13.3. The van der Waals surface area contributed by atoms with Crippen molar-refractivity contribution in [1.82, 2.24) is 10.6 Å². The number of carbonyl (C=O) groups excluding carboxylic acids is 3. The van der Waals surface area contributed by atoms with Crippen LogP contribution in [0.25, 0.3) is 0 Å². The fraction of sp³-hybridized carbons (Fsp3) is 0.522. The smallest absolute Gasteiger partial charge is 0.244 e. The third-order valence-corrected chi connectivity index (χ3v) is 4.13. The largest absolute Gasteiger partial charge is 0.389 e. The molecular formula is C23H36N2O5. The van der Waals surface area contributed by atoms with Crippen LogP contribution in [0.15, 0.2) is 47.6 Å². The van der Waals surface area contributed by atoms with Crippen LogP contribution in [0.4, 0.5) is 0 Å². The zero-order chi connectivity index (χ0) is 23.3. The standard InChI is InChI=1S/C23H36N2O5/c1-15(7-9-19(5)26)11-21(28)24-13-17(3)23(30)18(4)14-25-22(29)12-16(2)8-10-20(6)27/h7-12,17-20,26-27H,13-14H2,1-6H3,(H,24,28)(H,25,29)/b9-7+,10-8+,15-11+,16-12+. The fourth-order valence-electron chi connectivity index (χ4n) is 2.39. The highest BCUT2D eigenvalue weighted by Gasteiger charge is 2.20. The van der Waals surface area contributed by atoms with Gasteiger partial charge in [0.1, 0.15) is 5.78 Å². The van der Waals surface area contributed by atoms with E-state index in [9.17, 15) is 24.6 Å². The van der Waals surface area contributed by atoms with Crippen molar-refractivity contribution in [2.45, 2.75) is 53.8 Å². The van der Waals surface area contributed by atoms with E-state index in [-0.39, 0.29) is 30.7 Å². The average Bonchev–Trinajstić information content (AvgIpc) is 2.66. The zero-order valence-electron chi connectivity index (χ0n) is 18.8. The van der Waals surface area contributed by atoms with Gasteiger partial charge in [-0.2, -0.15) is 0 Å². The van der Waals surface area contributed by atoms with Gasteiger partial charge < -0.3 is 20.8 Å². The topological polar surface area (TPSA) is 116 Å². The van der Waals surface area contributed by atoms with Gasteiger partial charge in [-0.1, -0.05) is 38.2 Å². The molecule has 0 aliphatic heterocycles. The number of amides is 2. The van der Waals surface area contributed by atoms with Crippen LogP contribution in [0.5, 0.6) is 0 Å². The molecule has 4 unspecified atom stereocenters. The maximum Gasteiger partial charge on any atom is 0.244 e. The van der Waals surface area contributed by atoms with Crippen LogP contribution in [-0.4, -0.2) is 53.1 Å². The second-order valence-corrected chi connectivity index (χ2v) is 7.67. The molecule has 0 fully saturated rings. The lowest BCUT2D eigenvalue weighted by molar-refractivity contribution is -0.126. The Hall–Kier alpha value is -2.51. The van der Waals surface area contributed by atoms with Gasteiger partial charge >= 0.3 is 0 Å². The van der Waals surface area contributed by atoms with Crippen molar-refractivity contribution in [1.29, 1.82) is 0 Å².